The Morgan fingerprint density at radius 1 is 1.35 bits per heavy atom. The summed E-state index contributed by atoms with van der Waals surface area (Å²) in [5.41, 5.74) is -0.728. The van der Waals surface area contributed by atoms with Crippen LogP contribution in [0.3, 0.4) is 0 Å². The third-order valence-electron chi connectivity index (χ3n) is 3.04. The molecular formula is C14H21N3O5S. The summed E-state index contributed by atoms with van der Waals surface area (Å²) < 4.78 is 11.7. The number of aromatic nitrogens is 2. The molecule has 4 N–H and O–H groups in total. The summed E-state index contributed by atoms with van der Waals surface area (Å²) in [5, 5.41) is 11.7. The number of nitrogens with one attached hydrogen (secondary N) is 3. The van der Waals surface area contributed by atoms with Gasteiger partial charge in [-0.2, -0.15) is 0 Å². The van der Waals surface area contributed by atoms with Crippen LogP contribution in [0.1, 0.15) is 25.1 Å². The quantitative estimate of drug-likeness (QED) is 0.472. The minimum atomic E-state index is -1.16. The summed E-state index contributed by atoms with van der Waals surface area (Å²) in [6.07, 6.45) is 2.39. The Morgan fingerprint density at radius 2 is 2.00 bits per heavy atom. The third-order valence-corrected chi connectivity index (χ3v) is 4.82. The minimum absolute atomic E-state index is 0.0705. The number of carbonyl (C=O) groups is 1. The standard InChI is InChI=1S/C14H21N3O5S/c1-8(2)23(22)7-10(6-18)16-12(19)5-4-11-9(3)15-14(21)17-13(11)20/h4-5,8,10,18H,6-7H2,1-3H3,(H,16,19)(H2,15,17,20,21)/b5-4+/t10-,23-/m1/s1. The second-order valence-electron chi connectivity index (χ2n) is 5.26. The van der Waals surface area contributed by atoms with E-state index in [4.69, 9.17) is 0 Å². The van der Waals surface area contributed by atoms with E-state index in [1.807, 2.05) is 0 Å². The number of hydrogen-bond acceptors (Lipinski definition) is 5. The Kier molecular flexibility index (Phi) is 7.11. The van der Waals surface area contributed by atoms with Gasteiger partial charge in [-0.1, -0.05) is 13.8 Å². The van der Waals surface area contributed by atoms with Crippen LogP contribution in [0.2, 0.25) is 0 Å². The van der Waals surface area contributed by atoms with Gasteiger partial charge in [-0.25, -0.2) is 4.79 Å². The van der Waals surface area contributed by atoms with Crippen molar-refractivity contribution in [3.8, 4) is 0 Å². The van der Waals surface area contributed by atoms with Crippen LogP contribution in [0.15, 0.2) is 15.7 Å². The fourth-order valence-corrected chi connectivity index (χ4v) is 2.72. The Balaban J connectivity index is 2.78. The second-order valence-corrected chi connectivity index (χ2v) is 7.30. The first-order valence-electron chi connectivity index (χ1n) is 7.04. The highest BCUT2D eigenvalue weighted by atomic mass is 32.2. The molecule has 2 atom stereocenters. The smallest absolute Gasteiger partial charge is 0.325 e. The van der Waals surface area contributed by atoms with Crippen molar-refractivity contribution in [3.63, 3.8) is 0 Å². The van der Waals surface area contributed by atoms with Crippen LogP contribution in [0.5, 0.6) is 0 Å². The van der Waals surface area contributed by atoms with Gasteiger partial charge in [-0.3, -0.25) is 18.8 Å². The summed E-state index contributed by atoms with van der Waals surface area (Å²) in [6.45, 7) is 4.78. The zero-order chi connectivity index (χ0) is 17.6. The van der Waals surface area contributed by atoms with Crippen molar-refractivity contribution in [2.75, 3.05) is 12.4 Å². The number of aliphatic hydroxyl groups excluding tert-OH is 1. The zero-order valence-electron chi connectivity index (χ0n) is 13.2. The van der Waals surface area contributed by atoms with Crippen molar-refractivity contribution in [2.45, 2.75) is 32.1 Å². The van der Waals surface area contributed by atoms with Crippen LogP contribution in [-0.2, 0) is 15.6 Å². The van der Waals surface area contributed by atoms with Crippen LogP contribution >= 0.6 is 0 Å². The number of rotatable bonds is 7. The monoisotopic (exact) mass is 343 g/mol. The van der Waals surface area contributed by atoms with Gasteiger partial charge >= 0.3 is 5.69 Å². The summed E-state index contributed by atoms with van der Waals surface area (Å²) in [4.78, 5) is 39.0. The van der Waals surface area contributed by atoms with Gasteiger partial charge in [0.15, 0.2) is 0 Å². The van der Waals surface area contributed by atoms with Crippen molar-refractivity contribution in [2.24, 2.45) is 0 Å². The van der Waals surface area contributed by atoms with Crippen molar-refractivity contribution >= 4 is 22.8 Å². The lowest BCUT2D eigenvalue weighted by Crippen LogP contribution is -2.41. The van der Waals surface area contributed by atoms with Crippen molar-refractivity contribution in [3.05, 3.63) is 38.2 Å². The Morgan fingerprint density at radius 3 is 2.52 bits per heavy atom. The number of aromatic amines is 2. The van der Waals surface area contributed by atoms with Crippen LogP contribution in [-0.4, -0.2) is 48.8 Å². The third kappa shape index (κ3) is 5.95. The molecule has 0 aliphatic rings. The highest BCUT2D eigenvalue weighted by Crippen LogP contribution is 2.00. The number of hydrogen-bond donors (Lipinski definition) is 4. The van der Waals surface area contributed by atoms with Crippen molar-refractivity contribution in [1.29, 1.82) is 0 Å². The molecule has 128 valence electrons. The van der Waals surface area contributed by atoms with E-state index >= 15 is 0 Å². The largest absolute Gasteiger partial charge is 0.394 e. The van der Waals surface area contributed by atoms with Crippen molar-refractivity contribution < 1.29 is 14.1 Å². The molecular weight excluding hydrogens is 322 g/mol. The Hall–Kier alpha value is -2.00. The molecule has 8 nitrogen and oxygen atoms in total. The Bertz CT molecular complexity index is 720. The molecule has 0 aromatic carbocycles. The fraction of sp³-hybridized carbons (Fsp3) is 0.500. The molecule has 0 saturated carbocycles. The molecule has 9 heteroatoms. The van der Waals surface area contributed by atoms with Gasteiger partial charge in [0.05, 0.1) is 18.2 Å². The number of carbonyl (C=O) groups excluding carboxylic acids is 1. The van der Waals surface area contributed by atoms with Crippen LogP contribution < -0.4 is 16.6 Å². The molecule has 23 heavy (non-hydrogen) atoms. The molecule has 1 heterocycles. The van der Waals surface area contributed by atoms with E-state index in [2.05, 4.69) is 15.3 Å². The van der Waals surface area contributed by atoms with Gasteiger partial charge in [0.25, 0.3) is 5.56 Å². The number of amides is 1. The summed E-state index contributed by atoms with van der Waals surface area (Å²) in [5.74, 6) is -0.388. The molecule has 0 aliphatic carbocycles. The zero-order valence-corrected chi connectivity index (χ0v) is 14.0. The maximum atomic E-state index is 11.8. The van der Waals surface area contributed by atoms with Gasteiger partial charge in [0.2, 0.25) is 5.91 Å². The molecule has 0 saturated heterocycles. The van der Waals surface area contributed by atoms with E-state index in [0.29, 0.717) is 5.69 Å². The summed E-state index contributed by atoms with van der Waals surface area (Å²) in [7, 11) is -1.16. The first kappa shape index (κ1) is 19.0. The average molecular weight is 343 g/mol. The van der Waals surface area contributed by atoms with E-state index in [0.717, 1.165) is 6.08 Å². The Labute approximate surface area is 135 Å². The molecule has 1 aromatic heterocycles. The van der Waals surface area contributed by atoms with E-state index in [9.17, 15) is 23.7 Å². The lowest BCUT2D eigenvalue weighted by atomic mass is 10.2. The molecule has 1 amide bonds. The number of H-pyrrole nitrogens is 2. The molecule has 0 radical (unpaired) electrons. The first-order chi connectivity index (χ1) is 10.7. The normalized spacial score (nSPS) is 14.1. The predicted molar refractivity (Wildman–Crippen MR) is 88.6 cm³/mol. The molecule has 0 bridgehead atoms. The second kappa shape index (κ2) is 8.59. The van der Waals surface area contributed by atoms with Gasteiger partial charge in [0.1, 0.15) is 0 Å². The van der Waals surface area contributed by atoms with Crippen LogP contribution in [0, 0.1) is 6.92 Å². The average Bonchev–Trinajstić information content (AvgIpc) is 2.44. The fourth-order valence-electron chi connectivity index (χ4n) is 1.75. The number of aliphatic hydroxyl groups is 1. The minimum Gasteiger partial charge on any atom is -0.394 e. The predicted octanol–water partition coefficient (Wildman–Crippen LogP) is -0.981. The van der Waals surface area contributed by atoms with E-state index in [1.54, 1.807) is 13.8 Å². The van der Waals surface area contributed by atoms with E-state index in [-0.39, 0.29) is 23.2 Å². The highest BCUT2D eigenvalue weighted by Gasteiger charge is 2.15. The van der Waals surface area contributed by atoms with E-state index in [1.165, 1.54) is 13.0 Å². The number of aryl methyl sites for hydroxylation is 1. The van der Waals surface area contributed by atoms with Gasteiger partial charge in [0, 0.05) is 33.6 Å². The highest BCUT2D eigenvalue weighted by molar-refractivity contribution is 7.85. The van der Waals surface area contributed by atoms with Crippen LogP contribution in [0.25, 0.3) is 6.08 Å². The first-order valence-corrected chi connectivity index (χ1v) is 8.42. The van der Waals surface area contributed by atoms with Gasteiger partial charge in [-0.15, -0.1) is 0 Å². The summed E-state index contributed by atoms with van der Waals surface area (Å²) >= 11 is 0. The van der Waals surface area contributed by atoms with Crippen LogP contribution in [0.4, 0.5) is 0 Å². The van der Waals surface area contributed by atoms with Gasteiger partial charge < -0.3 is 15.4 Å². The molecule has 0 fully saturated rings. The van der Waals surface area contributed by atoms with Crippen molar-refractivity contribution in [1.82, 2.24) is 15.3 Å². The molecule has 1 rings (SSSR count). The maximum Gasteiger partial charge on any atom is 0.325 e. The maximum absolute atomic E-state index is 11.8. The topological polar surface area (TPSA) is 132 Å². The SMILES string of the molecule is Cc1[nH]c(=O)[nH]c(=O)c1/C=C/C(=O)N[C@H](CO)C[S@@](=O)C(C)C. The molecule has 1 aromatic rings. The molecule has 0 unspecified atom stereocenters. The lowest BCUT2D eigenvalue weighted by Gasteiger charge is -2.16. The molecule has 0 aliphatic heterocycles. The summed E-state index contributed by atoms with van der Waals surface area (Å²) in [6, 6.07) is -0.634. The molecule has 0 spiro atoms. The van der Waals surface area contributed by atoms with E-state index < -0.39 is 34.0 Å². The lowest BCUT2D eigenvalue weighted by molar-refractivity contribution is -0.117. The van der Waals surface area contributed by atoms with Gasteiger partial charge in [-0.05, 0) is 13.0 Å².